The van der Waals surface area contributed by atoms with Crippen LogP contribution in [0.3, 0.4) is 0 Å². The highest BCUT2D eigenvalue weighted by molar-refractivity contribution is 9.10. The molecule has 3 unspecified atom stereocenters. The van der Waals surface area contributed by atoms with Gasteiger partial charge in [0, 0.05) is 18.2 Å². The van der Waals surface area contributed by atoms with Crippen LogP contribution in [0.2, 0.25) is 0 Å². The number of hydrogen-bond acceptors (Lipinski definition) is 4. The number of nitrogens with one attached hydrogen (secondary N) is 2. The second-order valence-corrected chi connectivity index (χ2v) is 8.28. The van der Waals surface area contributed by atoms with Gasteiger partial charge in [-0.3, -0.25) is 9.69 Å². The zero-order valence-corrected chi connectivity index (χ0v) is 14.9. The maximum Gasteiger partial charge on any atom is 0.272 e. The van der Waals surface area contributed by atoms with E-state index in [1.807, 2.05) is 6.07 Å². The fourth-order valence-corrected chi connectivity index (χ4v) is 4.00. The van der Waals surface area contributed by atoms with Crippen LogP contribution in [0.5, 0.6) is 0 Å². The summed E-state index contributed by atoms with van der Waals surface area (Å²) in [6.07, 6.45) is 1.95. The molecule has 2 N–H and O–H groups in total. The van der Waals surface area contributed by atoms with Gasteiger partial charge in [-0.2, -0.15) is 0 Å². The highest BCUT2D eigenvalue weighted by Crippen LogP contribution is 2.54. The Bertz CT molecular complexity index is 693. The summed E-state index contributed by atoms with van der Waals surface area (Å²) in [6.45, 7) is 2.04. The van der Waals surface area contributed by atoms with E-state index in [1.165, 1.54) is 0 Å². The van der Waals surface area contributed by atoms with Crippen molar-refractivity contribution >= 4 is 27.7 Å². The molecular weight excluding hydrogens is 382 g/mol. The Kier molecular flexibility index (Phi) is 3.71. The predicted molar refractivity (Wildman–Crippen MR) is 88.8 cm³/mol. The van der Waals surface area contributed by atoms with Crippen LogP contribution in [0.1, 0.15) is 25.3 Å². The minimum atomic E-state index is -2.60. The third kappa shape index (κ3) is 3.07. The van der Waals surface area contributed by atoms with Gasteiger partial charge >= 0.3 is 0 Å². The number of piperidine rings is 1. The number of pyridine rings is 1. The number of amides is 1. The Balaban J connectivity index is 1.44. The van der Waals surface area contributed by atoms with Crippen molar-refractivity contribution in [2.75, 3.05) is 18.4 Å². The molecule has 2 aliphatic heterocycles. The van der Waals surface area contributed by atoms with Gasteiger partial charge in [0.15, 0.2) is 0 Å². The molecule has 2 saturated heterocycles. The molecule has 8 heteroatoms. The van der Waals surface area contributed by atoms with Crippen molar-refractivity contribution in [3.8, 4) is 0 Å². The average molecular weight is 401 g/mol. The number of anilines is 1. The van der Waals surface area contributed by atoms with E-state index in [4.69, 9.17) is 0 Å². The van der Waals surface area contributed by atoms with Crippen LogP contribution in [0.25, 0.3) is 0 Å². The minimum Gasteiger partial charge on any atom is -0.309 e. The van der Waals surface area contributed by atoms with Gasteiger partial charge in [0.2, 0.25) is 5.91 Å². The Labute approximate surface area is 147 Å². The van der Waals surface area contributed by atoms with E-state index in [-0.39, 0.29) is 30.5 Å². The lowest BCUT2D eigenvalue weighted by Crippen LogP contribution is -2.55. The maximum absolute atomic E-state index is 13.0. The lowest BCUT2D eigenvalue weighted by Gasteiger charge is -2.38. The molecule has 3 fully saturated rings. The zero-order valence-electron chi connectivity index (χ0n) is 13.3. The Morgan fingerprint density at radius 3 is 2.83 bits per heavy atom. The van der Waals surface area contributed by atoms with Gasteiger partial charge in [0.1, 0.15) is 10.4 Å². The van der Waals surface area contributed by atoms with Crippen LogP contribution < -0.4 is 10.6 Å². The molecule has 0 aromatic carbocycles. The van der Waals surface area contributed by atoms with Crippen LogP contribution in [0, 0.1) is 5.41 Å². The monoisotopic (exact) mass is 400 g/mol. The molecule has 0 spiro atoms. The van der Waals surface area contributed by atoms with Gasteiger partial charge in [0.05, 0.1) is 19.1 Å². The minimum absolute atomic E-state index is 0.107. The molecule has 3 atom stereocenters. The maximum atomic E-state index is 13.0. The van der Waals surface area contributed by atoms with Crippen molar-refractivity contribution in [2.24, 2.45) is 5.41 Å². The number of fused-ring (bicyclic) bond motifs is 1. The number of rotatable bonds is 4. The summed E-state index contributed by atoms with van der Waals surface area (Å²) in [5.41, 5.74) is 0.995. The summed E-state index contributed by atoms with van der Waals surface area (Å²) in [4.78, 5) is 18.5. The second kappa shape index (κ2) is 5.44. The van der Waals surface area contributed by atoms with E-state index in [0.717, 1.165) is 18.4 Å². The van der Waals surface area contributed by atoms with Crippen molar-refractivity contribution in [1.29, 1.82) is 0 Å². The second-order valence-electron chi connectivity index (χ2n) is 7.47. The van der Waals surface area contributed by atoms with Crippen LogP contribution in [-0.2, 0) is 11.3 Å². The molecule has 0 bridgehead atoms. The summed E-state index contributed by atoms with van der Waals surface area (Å²) >= 11 is 3.30. The van der Waals surface area contributed by atoms with Crippen molar-refractivity contribution in [3.63, 3.8) is 0 Å². The molecule has 3 aliphatic rings. The first-order valence-corrected chi connectivity index (χ1v) is 8.86. The van der Waals surface area contributed by atoms with Gasteiger partial charge in [-0.05, 0) is 40.3 Å². The molecular formula is C16H19BrF2N4O. The summed E-state index contributed by atoms with van der Waals surface area (Å²) in [5.74, 6) is -2.27. The molecule has 1 aromatic rings. The number of hydrogen-bond donors (Lipinski definition) is 2. The smallest absolute Gasteiger partial charge is 0.272 e. The van der Waals surface area contributed by atoms with Gasteiger partial charge in [-0.25, -0.2) is 13.8 Å². The topological polar surface area (TPSA) is 57.3 Å². The number of carbonyl (C=O) groups excluding carboxylic acids is 1. The molecule has 1 amide bonds. The highest BCUT2D eigenvalue weighted by atomic mass is 79.9. The third-order valence-corrected chi connectivity index (χ3v) is 5.67. The van der Waals surface area contributed by atoms with Crippen LogP contribution >= 0.6 is 15.9 Å². The van der Waals surface area contributed by atoms with E-state index in [2.05, 4.69) is 38.5 Å². The van der Waals surface area contributed by atoms with Crippen molar-refractivity contribution in [2.45, 2.75) is 44.3 Å². The quantitative estimate of drug-likeness (QED) is 0.761. The number of likely N-dealkylation sites (tertiary alicyclic amines) is 1. The average Bonchev–Trinajstić information content (AvgIpc) is 2.97. The van der Waals surface area contributed by atoms with Crippen LogP contribution in [0.15, 0.2) is 16.7 Å². The molecule has 0 radical (unpaired) electrons. The standard InChI is InChI=1S/C16H19BrF2N4O/c1-15-4-10(20-11(15)5-15)14(24)22-13-9(2-3-12(17)21-13)6-23-7-16(18,19)8-23/h2-3,10-11,20H,4-8H2,1H3,(H,21,22,24). The van der Waals surface area contributed by atoms with Crippen LogP contribution in [0.4, 0.5) is 14.6 Å². The number of halogens is 3. The van der Waals surface area contributed by atoms with E-state index in [9.17, 15) is 13.6 Å². The van der Waals surface area contributed by atoms with E-state index in [0.29, 0.717) is 23.0 Å². The Hall–Kier alpha value is -1.12. The largest absolute Gasteiger partial charge is 0.309 e. The molecule has 1 aromatic heterocycles. The number of nitrogens with zero attached hydrogens (tertiary/aromatic N) is 2. The molecule has 5 nitrogen and oxygen atoms in total. The first-order valence-electron chi connectivity index (χ1n) is 8.07. The normalized spacial score (nSPS) is 33.7. The van der Waals surface area contributed by atoms with Crippen molar-refractivity contribution in [1.82, 2.24) is 15.2 Å². The van der Waals surface area contributed by atoms with Crippen molar-refractivity contribution < 1.29 is 13.6 Å². The summed E-state index contributed by atoms with van der Waals surface area (Å²) < 4.78 is 26.6. The molecule has 24 heavy (non-hydrogen) atoms. The lowest BCUT2D eigenvalue weighted by atomic mass is 10.0. The van der Waals surface area contributed by atoms with Crippen molar-refractivity contribution in [3.05, 3.63) is 22.3 Å². The Morgan fingerprint density at radius 2 is 2.21 bits per heavy atom. The van der Waals surface area contributed by atoms with Gasteiger partial charge in [-0.1, -0.05) is 13.0 Å². The first kappa shape index (κ1) is 16.4. The van der Waals surface area contributed by atoms with E-state index < -0.39 is 5.92 Å². The first-order chi connectivity index (χ1) is 11.2. The van der Waals surface area contributed by atoms with Crippen LogP contribution in [-0.4, -0.2) is 46.9 Å². The number of aromatic nitrogens is 1. The summed E-state index contributed by atoms with van der Waals surface area (Å²) in [6, 6.07) is 3.79. The molecule has 1 aliphatic carbocycles. The van der Waals surface area contributed by atoms with E-state index >= 15 is 0 Å². The number of alkyl halides is 2. The highest BCUT2D eigenvalue weighted by Gasteiger charge is 2.58. The van der Waals surface area contributed by atoms with E-state index in [1.54, 1.807) is 11.0 Å². The fraction of sp³-hybridized carbons (Fsp3) is 0.625. The van der Waals surface area contributed by atoms with Gasteiger partial charge in [-0.15, -0.1) is 0 Å². The predicted octanol–water partition coefficient (Wildman–Crippen LogP) is 2.37. The third-order valence-electron chi connectivity index (χ3n) is 5.23. The zero-order chi connectivity index (χ0) is 17.1. The molecule has 130 valence electrons. The van der Waals surface area contributed by atoms with Gasteiger partial charge in [0.25, 0.3) is 5.92 Å². The summed E-state index contributed by atoms with van der Waals surface area (Å²) in [5, 5.41) is 6.20. The molecule has 4 rings (SSSR count). The SMILES string of the molecule is CC12CC(C(=O)Nc3nc(Br)ccc3CN3CC(F)(F)C3)NC1C2. The molecule has 1 saturated carbocycles. The number of carbonyl (C=O) groups is 1. The Morgan fingerprint density at radius 1 is 1.46 bits per heavy atom. The lowest BCUT2D eigenvalue weighted by molar-refractivity contribution is -0.133. The fourth-order valence-electron chi connectivity index (χ4n) is 3.69. The summed E-state index contributed by atoms with van der Waals surface area (Å²) in [7, 11) is 0. The van der Waals surface area contributed by atoms with Gasteiger partial charge < -0.3 is 10.6 Å². The molecule has 3 heterocycles.